The molecule has 2 aliphatic carbocycles. The third-order valence-corrected chi connectivity index (χ3v) is 7.79. The fraction of sp³-hybridized carbons (Fsp3) is 0.375. The van der Waals surface area contributed by atoms with Gasteiger partial charge in [0.15, 0.2) is 0 Å². The fourth-order valence-electron chi connectivity index (χ4n) is 5.60. The van der Waals surface area contributed by atoms with Crippen LogP contribution < -0.4 is 0 Å². The highest BCUT2D eigenvalue weighted by Gasteiger charge is 2.42. The summed E-state index contributed by atoms with van der Waals surface area (Å²) in [4.78, 5) is 48.3. The maximum absolute atomic E-state index is 12.2. The Labute approximate surface area is 235 Å². The Hall–Kier alpha value is -4.20. The standard InChI is InChI=1S/2C16H18O4/c1-8-6-11-10(3)13(15(17)19-4)14(16(18)20-5)12(11)7-9(8)2;1-8-6-7-9(2)12-11(8)10(3)13(15(17)19-4)14(12)16(18)20-5/h2*6-7,14H,1-5H3. The molecular formula is C32H36O8. The van der Waals surface area contributed by atoms with Gasteiger partial charge in [0.2, 0.25) is 0 Å². The number of carbonyl (C=O) groups excluding carboxylic acids is 4. The largest absolute Gasteiger partial charge is 0.468 e. The Balaban J connectivity index is 0.000000220. The molecule has 2 aliphatic rings. The van der Waals surface area contributed by atoms with Crippen LogP contribution in [0.3, 0.4) is 0 Å². The molecule has 0 heterocycles. The molecular weight excluding hydrogens is 512 g/mol. The normalized spacial score (nSPS) is 16.9. The third-order valence-electron chi connectivity index (χ3n) is 7.79. The maximum atomic E-state index is 12.2. The van der Waals surface area contributed by atoms with Crippen LogP contribution in [0.25, 0.3) is 11.1 Å². The number of ether oxygens (including phenoxy) is 4. The molecule has 0 aliphatic heterocycles. The molecule has 0 radical (unpaired) electrons. The summed E-state index contributed by atoms with van der Waals surface area (Å²) in [6.07, 6.45) is 0. The molecule has 8 nitrogen and oxygen atoms in total. The number of aryl methyl sites for hydroxylation is 4. The zero-order valence-corrected chi connectivity index (χ0v) is 24.7. The Morgan fingerprint density at radius 2 is 1.05 bits per heavy atom. The highest BCUT2D eigenvalue weighted by molar-refractivity contribution is 6.10. The molecule has 0 N–H and O–H groups in total. The van der Waals surface area contributed by atoms with E-state index in [1.165, 1.54) is 28.4 Å². The highest BCUT2D eigenvalue weighted by atomic mass is 16.5. The summed E-state index contributed by atoms with van der Waals surface area (Å²) in [5.41, 5.74) is 10.1. The molecule has 0 saturated carbocycles. The van der Waals surface area contributed by atoms with Crippen molar-refractivity contribution < 1.29 is 38.1 Å². The Bertz CT molecular complexity index is 1470. The number of fused-ring (bicyclic) bond motifs is 2. The number of esters is 4. The summed E-state index contributed by atoms with van der Waals surface area (Å²) in [5, 5.41) is 0. The van der Waals surface area contributed by atoms with E-state index in [0.29, 0.717) is 11.1 Å². The summed E-state index contributed by atoms with van der Waals surface area (Å²) < 4.78 is 19.4. The van der Waals surface area contributed by atoms with E-state index in [-0.39, 0.29) is 0 Å². The second-order valence-electron chi connectivity index (χ2n) is 9.98. The van der Waals surface area contributed by atoms with Gasteiger partial charge in [0, 0.05) is 0 Å². The quantitative estimate of drug-likeness (QED) is 0.387. The molecule has 2 unspecified atom stereocenters. The molecule has 0 bridgehead atoms. The van der Waals surface area contributed by atoms with Crippen molar-refractivity contribution in [2.45, 2.75) is 53.4 Å². The summed E-state index contributed by atoms with van der Waals surface area (Å²) in [6, 6.07) is 7.90. The van der Waals surface area contributed by atoms with Crippen LogP contribution in [0.1, 0.15) is 70.2 Å². The van der Waals surface area contributed by atoms with Crippen LogP contribution >= 0.6 is 0 Å². The molecule has 0 saturated heterocycles. The summed E-state index contributed by atoms with van der Waals surface area (Å²) in [6.45, 7) is 11.6. The Morgan fingerprint density at radius 1 is 0.575 bits per heavy atom. The van der Waals surface area contributed by atoms with Gasteiger partial charge >= 0.3 is 23.9 Å². The number of benzene rings is 2. The van der Waals surface area contributed by atoms with Gasteiger partial charge in [-0.05, 0) is 97.2 Å². The lowest BCUT2D eigenvalue weighted by Crippen LogP contribution is -2.20. The number of hydrogen-bond acceptors (Lipinski definition) is 8. The van der Waals surface area contributed by atoms with E-state index < -0.39 is 35.7 Å². The van der Waals surface area contributed by atoms with Gasteiger partial charge in [-0.15, -0.1) is 0 Å². The van der Waals surface area contributed by atoms with Crippen molar-refractivity contribution >= 4 is 35.0 Å². The number of rotatable bonds is 4. The second kappa shape index (κ2) is 11.9. The van der Waals surface area contributed by atoms with E-state index in [4.69, 9.17) is 18.9 Å². The Kier molecular flexibility index (Phi) is 9.03. The van der Waals surface area contributed by atoms with Crippen molar-refractivity contribution in [3.05, 3.63) is 79.9 Å². The number of allylic oxidation sites excluding steroid dienone is 2. The first-order chi connectivity index (χ1) is 18.9. The van der Waals surface area contributed by atoms with E-state index in [0.717, 1.165) is 55.7 Å². The molecule has 0 aromatic heterocycles. The van der Waals surface area contributed by atoms with Crippen LogP contribution in [0.5, 0.6) is 0 Å². The van der Waals surface area contributed by atoms with Crippen LogP contribution in [0.15, 0.2) is 35.4 Å². The van der Waals surface area contributed by atoms with Crippen LogP contribution in [0, 0.1) is 27.7 Å². The predicted octanol–water partition coefficient (Wildman–Crippen LogP) is 5.04. The SMILES string of the molecule is COC(=O)C1=C(C)c2c(C)ccc(C)c2C1C(=O)OC.COC(=O)C1=C(C)c2cc(C)c(C)cc2C1C(=O)OC. The van der Waals surface area contributed by atoms with Gasteiger partial charge in [0.05, 0.1) is 39.6 Å². The molecule has 4 rings (SSSR count). The Morgan fingerprint density at radius 3 is 1.57 bits per heavy atom. The second-order valence-corrected chi connectivity index (χ2v) is 9.98. The summed E-state index contributed by atoms with van der Waals surface area (Å²) >= 11 is 0. The van der Waals surface area contributed by atoms with Crippen LogP contribution in [-0.4, -0.2) is 52.3 Å². The molecule has 0 amide bonds. The number of hydrogen-bond donors (Lipinski definition) is 0. The van der Waals surface area contributed by atoms with Gasteiger partial charge in [0.1, 0.15) is 11.8 Å². The van der Waals surface area contributed by atoms with Gasteiger partial charge in [-0.2, -0.15) is 0 Å². The van der Waals surface area contributed by atoms with Crippen molar-refractivity contribution in [2.75, 3.05) is 28.4 Å². The van der Waals surface area contributed by atoms with Crippen molar-refractivity contribution in [1.82, 2.24) is 0 Å². The lowest BCUT2D eigenvalue weighted by molar-refractivity contribution is -0.144. The number of methoxy groups -OCH3 is 4. The zero-order chi connectivity index (χ0) is 30.0. The topological polar surface area (TPSA) is 105 Å². The van der Waals surface area contributed by atoms with Gasteiger partial charge < -0.3 is 18.9 Å². The van der Waals surface area contributed by atoms with Gasteiger partial charge in [-0.1, -0.05) is 24.3 Å². The first-order valence-electron chi connectivity index (χ1n) is 12.8. The van der Waals surface area contributed by atoms with Crippen LogP contribution in [0.4, 0.5) is 0 Å². The predicted molar refractivity (Wildman–Crippen MR) is 151 cm³/mol. The molecule has 212 valence electrons. The minimum atomic E-state index is -0.693. The molecule has 2 aromatic carbocycles. The summed E-state index contributed by atoms with van der Waals surface area (Å²) in [7, 11) is 5.29. The van der Waals surface area contributed by atoms with Crippen molar-refractivity contribution in [3.63, 3.8) is 0 Å². The third kappa shape index (κ3) is 5.06. The molecule has 0 fully saturated rings. The zero-order valence-electron chi connectivity index (χ0n) is 24.7. The van der Waals surface area contributed by atoms with Gasteiger partial charge in [0.25, 0.3) is 0 Å². The van der Waals surface area contributed by atoms with E-state index in [1.807, 2.05) is 65.8 Å². The first kappa shape index (κ1) is 30.3. The average Bonchev–Trinajstić information content (AvgIpc) is 3.41. The van der Waals surface area contributed by atoms with Crippen molar-refractivity contribution in [2.24, 2.45) is 0 Å². The van der Waals surface area contributed by atoms with Crippen LogP contribution in [-0.2, 0) is 38.1 Å². The molecule has 2 aromatic rings. The maximum Gasteiger partial charge on any atom is 0.335 e. The fourth-order valence-corrected chi connectivity index (χ4v) is 5.60. The van der Waals surface area contributed by atoms with E-state index in [2.05, 4.69) is 0 Å². The number of carbonyl (C=O) groups is 4. The summed E-state index contributed by atoms with van der Waals surface area (Å²) in [5.74, 6) is -3.22. The van der Waals surface area contributed by atoms with Crippen LogP contribution in [0.2, 0.25) is 0 Å². The smallest absolute Gasteiger partial charge is 0.335 e. The van der Waals surface area contributed by atoms with Gasteiger partial charge in [-0.25, -0.2) is 9.59 Å². The average molecular weight is 549 g/mol. The lowest BCUT2D eigenvalue weighted by Gasteiger charge is -2.15. The van der Waals surface area contributed by atoms with E-state index in [9.17, 15) is 19.2 Å². The van der Waals surface area contributed by atoms with E-state index in [1.54, 1.807) is 0 Å². The first-order valence-corrected chi connectivity index (χ1v) is 12.8. The van der Waals surface area contributed by atoms with E-state index >= 15 is 0 Å². The van der Waals surface area contributed by atoms with Gasteiger partial charge in [-0.3, -0.25) is 9.59 Å². The molecule has 40 heavy (non-hydrogen) atoms. The van der Waals surface area contributed by atoms with Crippen molar-refractivity contribution in [3.8, 4) is 0 Å². The van der Waals surface area contributed by atoms with Crippen molar-refractivity contribution in [1.29, 1.82) is 0 Å². The molecule has 2 atom stereocenters. The monoisotopic (exact) mass is 548 g/mol. The minimum Gasteiger partial charge on any atom is -0.468 e. The molecule has 0 spiro atoms. The molecule has 8 heteroatoms. The minimum absolute atomic E-state index is 0.374. The highest BCUT2D eigenvalue weighted by Crippen LogP contribution is 2.46. The lowest BCUT2D eigenvalue weighted by atomic mass is 9.90.